The van der Waals surface area contributed by atoms with Crippen LogP contribution >= 0.6 is 0 Å². The second-order valence-corrected chi connectivity index (χ2v) is 8.15. The van der Waals surface area contributed by atoms with Crippen LogP contribution in [0.2, 0.25) is 0 Å². The average molecular weight is 408 g/mol. The first kappa shape index (κ1) is 20.3. The molecule has 1 atom stereocenters. The minimum absolute atomic E-state index is 0.0307. The largest absolute Gasteiger partial charge is 0.353 e. The Morgan fingerprint density at radius 3 is 2.40 bits per heavy atom. The van der Waals surface area contributed by atoms with E-state index in [9.17, 15) is 9.59 Å². The van der Waals surface area contributed by atoms with Crippen molar-refractivity contribution in [2.24, 2.45) is 5.92 Å². The van der Waals surface area contributed by atoms with Gasteiger partial charge in [-0.05, 0) is 38.0 Å². The van der Waals surface area contributed by atoms with Crippen LogP contribution in [0.1, 0.15) is 30.4 Å². The van der Waals surface area contributed by atoms with Crippen LogP contribution in [0.15, 0.2) is 30.3 Å². The van der Waals surface area contributed by atoms with Gasteiger partial charge in [0, 0.05) is 56.6 Å². The zero-order valence-corrected chi connectivity index (χ0v) is 18.0. The Kier molecular flexibility index (Phi) is 5.70. The first-order valence-corrected chi connectivity index (χ1v) is 10.7. The topological polar surface area (TPSA) is 69.6 Å². The predicted octanol–water partition coefficient (Wildman–Crippen LogP) is 2.36. The Morgan fingerprint density at radius 1 is 1.07 bits per heavy atom. The third kappa shape index (κ3) is 4.15. The number of amides is 2. The molecule has 0 aliphatic carbocycles. The summed E-state index contributed by atoms with van der Waals surface area (Å²) in [7, 11) is 0. The van der Waals surface area contributed by atoms with Gasteiger partial charge in [-0.15, -0.1) is 0 Å². The summed E-state index contributed by atoms with van der Waals surface area (Å²) in [5.41, 5.74) is 3.07. The van der Waals surface area contributed by atoms with Crippen LogP contribution in [0, 0.1) is 19.8 Å². The van der Waals surface area contributed by atoms with Crippen molar-refractivity contribution in [1.82, 2.24) is 14.9 Å². The molecule has 0 bridgehead atoms. The molecule has 2 aromatic rings. The highest BCUT2D eigenvalue weighted by Crippen LogP contribution is 2.27. The number of carbonyl (C=O) groups excluding carboxylic acids is 2. The van der Waals surface area contributed by atoms with Gasteiger partial charge in [0.05, 0.1) is 5.92 Å². The lowest BCUT2D eigenvalue weighted by Crippen LogP contribution is -2.51. The second-order valence-electron chi connectivity index (χ2n) is 8.15. The second kappa shape index (κ2) is 8.42. The number of anilines is 2. The number of hydrogen-bond donors (Lipinski definition) is 0. The SMILES string of the molecule is CCc1ccc(N2CC(C(=O)N3CCN(c4cc(C)nc(C)n4)CC3)CC2=O)cc1. The van der Waals surface area contributed by atoms with Crippen molar-refractivity contribution in [2.75, 3.05) is 42.5 Å². The smallest absolute Gasteiger partial charge is 0.228 e. The summed E-state index contributed by atoms with van der Waals surface area (Å²) >= 11 is 0. The molecule has 1 aromatic heterocycles. The lowest BCUT2D eigenvalue weighted by atomic mass is 10.1. The standard InChI is InChI=1S/C23H29N5O2/c1-4-18-5-7-20(8-6-18)28-15-19(14-22(28)29)23(30)27-11-9-26(10-12-27)21-13-16(2)24-17(3)25-21/h5-8,13,19H,4,9-12,14-15H2,1-3H3. The minimum Gasteiger partial charge on any atom is -0.353 e. The van der Waals surface area contributed by atoms with Crippen LogP contribution in [0.4, 0.5) is 11.5 Å². The fourth-order valence-corrected chi connectivity index (χ4v) is 4.31. The van der Waals surface area contributed by atoms with E-state index in [2.05, 4.69) is 21.8 Å². The molecule has 0 radical (unpaired) electrons. The van der Waals surface area contributed by atoms with E-state index >= 15 is 0 Å². The molecule has 2 fully saturated rings. The summed E-state index contributed by atoms with van der Waals surface area (Å²) in [6.07, 6.45) is 1.26. The molecule has 2 aliphatic heterocycles. The summed E-state index contributed by atoms with van der Waals surface area (Å²) in [6.45, 7) is 9.22. The van der Waals surface area contributed by atoms with Gasteiger partial charge in [-0.1, -0.05) is 19.1 Å². The van der Waals surface area contributed by atoms with Gasteiger partial charge >= 0.3 is 0 Å². The summed E-state index contributed by atoms with van der Waals surface area (Å²) in [4.78, 5) is 40.4. The van der Waals surface area contributed by atoms with Crippen molar-refractivity contribution in [3.63, 3.8) is 0 Å². The summed E-state index contributed by atoms with van der Waals surface area (Å²) < 4.78 is 0. The number of nitrogens with zero attached hydrogens (tertiary/aromatic N) is 5. The molecule has 2 amide bonds. The van der Waals surface area contributed by atoms with Crippen molar-refractivity contribution >= 4 is 23.3 Å². The molecule has 7 heteroatoms. The lowest BCUT2D eigenvalue weighted by Gasteiger charge is -2.36. The van der Waals surface area contributed by atoms with Crippen LogP contribution in [0.5, 0.6) is 0 Å². The van der Waals surface area contributed by atoms with E-state index in [-0.39, 0.29) is 17.7 Å². The van der Waals surface area contributed by atoms with Gasteiger partial charge in [-0.3, -0.25) is 9.59 Å². The van der Waals surface area contributed by atoms with Crippen LogP contribution in [-0.2, 0) is 16.0 Å². The Hall–Kier alpha value is -2.96. The van der Waals surface area contributed by atoms with Gasteiger partial charge < -0.3 is 14.7 Å². The zero-order chi connectivity index (χ0) is 21.3. The van der Waals surface area contributed by atoms with Gasteiger partial charge in [0.1, 0.15) is 11.6 Å². The van der Waals surface area contributed by atoms with Crippen LogP contribution < -0.4 is 9.80 Å². The molecule has 2 aliphatic rings. The Labute approximate surface area is 177 Å². The summed E-state index contributed by atoms with van der Waals surface area (Å²) in [6, 6.07) is 10.0. The van der Waals surface area contributed by atoms with Crippen molar-refractivity contribution in [2.45, 2.75) is 33.6 Å². The van der Waals surface area contributed by atoms with Gasteiger partial charge in [0.25, 0.3) is 0 Å². The Bertz CT molecular complexity index is 915. The monoisotopic (exact) mass is 407 g/mol. The van der Waals surface area contributed by atoms with Crippen molar-refractivity contribution in [3.8, 4) is 0 Å². The van der Waals surface area contributed by atoms with Crippen LogP contribution in [0.3, 0.4) is 0 Å². The molecule has 7 nitrogen and oxygen atoms in total. The molecule has 0 spiro atoms. The maximum Gasteiger partial charge on any atom is 0.228 e. The van der Waals surface area contributed by atoms with Gasteiger partial charge in [-0.2, -0.15) is 0 Å². The Balaban J connectivity index is 1.36. The maximum atomic E-state index is 13.1. The fraction of sp³-hybridized carbons (Fsp3) is 0.478. The quantitative estimate of drug-likeness (QED) is 0.778. The first-order valence-electron chi connectivity index (χ1n) is 10.7. The Morgan fingerprint density at radius 2 is 1.77 bits per heavy atom. The highest BCUT2D eigenvalue weighted by Gasteiger charge is 2.38. The van der Waals surface area contributed by atoms with Gasteiger partial charge in [-0.25, -0.2) is 9.97 Å². The van der Waals surface area contributed by atoms with E-state index in [1.807, 2.05) is 49.1 Å². The number of aryl methyl sites for hydroxylation is 3. The highest BCUT2D eigenvalue weighted by molar-refractivity contribution is 6.00. The van der Waals surface area contributed by atoms with E-state index in [1.165, 1.54) is 5.56 Å². The normalized spacial score (nSPS) is 19.5. The van der Waals surface area contributed by atoms with Gasteiger partial charge in [0.2, 0.25) is 11.8 Å². The molecular weight excluding hydrogens is 378 g/mol. The maximum absolute atomic E-state index is 13.1. The lowest BCUT2D eigenvalue weighted by molar-refractivity contribution is -0.136. The number of hydrogen-bond acceptors (Lipinski definition) is 5. The van der Waals surface area contributed by atoms with E-state index in [0.29, 0.717) is 26.1 Å². The number of piperazine rings is 1. The molecule has 3 heterocycles. The molecular formula is C23H29N5O2. The summed E-state index contributed by atoms with van der Waals surface area (Å²) in [5.74, 6) is 1.54. The van der Waals surface area contributed by atoms with Crippen molar-refractivity contribution < 1.29 is 9.59 Å². The fourth-order valence-electron chi connectivity index (χ4n) is 4.31. The third-order valence-corrected chi connectivity index (χ3v) is 6.00. The highest BCUT2D eigenvalue weighted by atomic mass is 16.2. The number of carbonyl (C=O) groups is 2. The van der Waals surface area contributed by atoms with Crippen LogP contribution in [-0.4, -0.2) is 59.4 Å². The number of aromatic nitrogens is 2. The van der Waals surface area contributed by atoms with E-state index in [4.69, 9.17) is 0 Å². The van der Waals surface area contributed by atoms with Crippen LogP contribution in [0.25, 0.3) is 0 Å². The number of benzene rings is 1. The summed E-state index contributed by atoms with van der Waals surface area (Å²) in [5, 5.41) is 0. The van der Waals surface area contributed by atoms with E-state index in [1.54, 1.807) is 4.90 Å². The molecule has 0 N–H and O–H groups in total. The minimum atomic E-state index is -0.265. The number of rotatable bonds is 4. The third-order valence-electron chi connectivity index (χ3n) is 6.00. The molecule has 1 aromatic carbocycles. The molecule has 30 heavy (non-hydrogen) atoms. The molecule has 0 saturated carbocycles. The molecule has 1 unspecified atom stereocenters. The van der Waals surface area contributed by atoms with E-state index < -0.39 is 0 Å². The molecule has 4 rings (SSSR count). The van der Waals surface area contributed by atoms with Crippen molar-refractivity contribution in [3.05, 3.63) is 47.4 Å². The van der Waals surface area contributed by atoms with Gasteiger partial charge in [0.15, 0.2) is 0 Å². The van der Waals surface area contributed by atoms with E-state index in [0.717, 1.165) is 42.5 Å². The van der Waals surface area contributed by atoms with Crippen molar-refractivity contribution in [1.29, 1.82) is 0 Å². The first-order chi connectivity index (χ1) is 14.4. The zero-order valence-electron chi connectivity index (χ0n) is 18.0. The predicted molar refractivity (Wildman–Crippen MR) is 117 cm³/mol. The molecule has 158 valence electrons. The molecule has 2 saturated heterocycles. The average Bonchev–Trinajstić information content (AvgIpc) is 3.14.